The second-order valence-corrected chi connectivity index (χ2v) is 7.92. The normalized spacial score (nSPS) is 13.3. The molecule has 0 saturated carbocycles. The van der Waals surface area contributed by atoms with E-state index in [0.29, 0.717) is 21.7 Å². The molecule has 0 fully saturated rings. The lowest BCUT2D eigenvalue weighted by Gasteiger charge is -2.18. The molecule has 3 rings (SSSR count). The van der Waals surface area contributed by atoms with Gasteiger partial charge in [-0.25, -0.2) is 9.37 Å². The molecule has 1 heterocycles. The Morgan fingerprint density at radius 1 is 1.21 bits per heavy atom. The van der Waals surface area contributed by atoms with Crippen LogP contribution in [0.4, 0.5) is 4.39 Å². The molecule has 2 aromatic carbocycles. The van der Waals surface area contributed by atoms with Crippen molar-refractivity contribution in [1.82, 2.24) is 14.9 Å². The molecule has 28 heavy (non-hydrogen) atoms. The summed E-state index contributed by atoms with van der Waals surface area (Å²) in [5.41, 5.74) is 0.616. The van der Waals surface area contributed by atoms with Crippen molar-refractivity contribution in [3.63, 3.8) is 0 Å². The Bertz CT molecular complexity index is 1070. The summed E-state index contributed by atoms with van der Waals surface area (Å²) < 4.78 is 15.2. The number of nitrogens with zero attached hydrogens (tertiary/aromatic N) is 2. The zero-order valence-electron chi connectivity index (χ0n) is 16.0. The summed E-state index contributed by atoms with van der Waals surface area (Å²) in [6, 6.07) is 12.9. The van der Waals surface area contributed by atoms with E-state index in [1.807, 2.05) is 13.8 Å². The van der Waals surface area contributed by atoms with Gasteiger partial charge in [-0.2, -0.15) is 0 Å². The predicted octanol–water partition coefficient (Wildman–Crippen LogP) is 3.92. The zero-order valence-corrected chi connectivity index (χ0v) is 16.8. The second kappa shape index (κ2) is 8.56. The Balaban J connectivity index is 2.09. The smallest absolute Gasteiger partial charge is 0.266 e. The molecule has 1 N–H and O–H groups in total. The average Bonchev–Trinajstić information content (AvgIpc) is 2.68. The van der Waals surface area contributed by atoms with Gasteiger partial charge in [-0.1, -0.05) is 36.9 Å². The molecule has 0 bridgehead atoms. The summed E-state index contributed by atoms with van der Waals surface area (Å²) in [4.78, 5) is 30.2. The summed E-state index contributed by atoms with van der Waals surface area (Å²) in [6.45, 7) is 5.70. The summed E-state index contributed by atoms with van der Waals surface area (Å²) in [5.74, 6) is -0.580. The van der Waals surface area contributed by atoms with Crippen LogP contribution in [-0.4, -0.2) is 26.8 Å². The summed E-state index contributed by atoms with van der Waals surface area (Å²) in [7, 11) is 0. The number of thioether (sulfide) groups is 1. The maximum absolute atomic E-state index is 13.8. The van der Waals surface area contributed by atoms with E-state index in [1.54, 1.807) is 43.3 Å². The Morgan fingerprint density at radius 2 is 1.96 bits per heavy atom. The molecule has 0 radical (unpaired) electrons. The summed E-state index contributed by atoms with van der Waals surface area (Å²) in [5, 5.41) is 3.25. The van der Waals surface area contributed by atoms with Crippen LogP contribution >= 0.6 is 11.8 Å². The van der Waals surface area contributed by atoms with E-state index in [4.69, 9.17) is 0 Å². The number of fused-ring (bicyclic) bond motifs is 1. The van der Waals surface area contributed by atoms with Crippen molar-refractivity contribution in [2.24, 2.45) is 0 Å². The van der Waals surface area contributed by atoms with E-state index in [0.717, 1.165) is 6.42 Å². The third-order valence-electron chi connectivity index (χ3n) is 4.46. The molecule has 0 saturated heterocycles. The topological polar surface area (TPSA) is 64.0 Å². The maximum atomic E-state index is 13.8. The van der Waals surface area contributed by atoms with Crippen molar-refractivity contribution in [2.45, 2.75) is 43.6 Å². The van der Waals surface area contributed by atoms with Gasteiger partial charge >= 0.3 is 0 Å². The van der Waals surface area contributed by atoms with Gasteiger partial charge in [-0.05, 0) is 50.6 Å². The number of amides is 1. The number of halogens is 1. The number of carbonyl (C=O) groups is 1. The van der Waals surface area contributed by atoms with Crippen LogP contribution < -0.4 is 10.9 Å². The number of hydrogen-bond donors (Lipinski definition) is 1. The largest absolute Gasteiger partial charge is 0.353 e. The quantitative estimate of drug-likeness (QED) is 0.504. The first-order valence-electron chi connectivity index (χ1n) is 9.15. The molecular formula is C21H22FN3O2S. The fourth-order valence-corrected chi connectivity index (χ4v) is 3.64. The Labute approximate surface area is 167 Å². The van der Waals surface area contributed by atoms with Gasteiger partial charge in [0, 0.05) is 6.04 Å². The van der Waals surface area contributed by atoms with Crippen LogP contribution in [0.25, 0.3) is 16.6 Å². The Hall–Kier alpha value is -2.67. The lowest BCUT2D eigenvalue weighted by Crippen LogP contribution is -2.37. The van der Waals surface area contributed by atoms with Crippen molar-refractivity contribution in [3.05, 3.63) is 64.7 Å². The first-order valence-corrected chi connectivity index (χ1v) is 10.0. The molecule has 0 aliphatic heterocycles. The molecule has 1 amide bonds. The molecule has 0 aliphatic carbocycles. The first-order chi connectivity index (χ1) is 13.4. The van der Waals surface area contributed by atoms with Crippen LogP contribution in [0.2, 0.25) is 0 Å². The summed E-state index contributed by atoms with van der Waals surface area (Å²) >= 11 is 1.18. The SMILES string of the molecule is CCC(C)NC(=O)C(C)Sc1nc2ccccc2c(=O)n1-c1cccc(F)c1. The van der Waals surface area contributed by atoms with Crippen molar-refractivity contribution in [2.75, 3.05) is 0 Å². The third kappa shape index (κ3) is 4.25. The fourth-order valence-electron chi connectivity index (χ4n) is 2.71. The molecule has 5 nitrogen and oxygen atoms in total. The van der Waals surface area contributed by atoms with Gasteiger partial charge in [0.2, 0.25) is 5.91 Å². The van der Waals surface area contributed by atoms with Crippen LogP contribution in [0.5, 0.6) is 0 Å². The van der Waals surface area contributed by atoms with E-state index in [-0.39, 0.29) is 17.5 Å². The second-order valence-electron chi connectivity index (χ2n) is 6.61. The molecule has 146 valence electrons. The number of nitrogens with one attached hydrogen (secondary N) is 1. The number of aromatic nitrogens is 2. The van der Waals surface area contributed by atoms with Gasteiger partial charge in [0.25, 0.3) is 5.56 Å². The number of rotatable bonds is 6. The van der Waals surface area contributed by atoms with E-state index in [9.17, 15) is 14.0 Å². The molecule has 3 aromatic rings. The highest BCUT2D eigenvalue weighted by atomic mass is 32.2. The fraction of sp³-hybridized carbons (Fsp3) is 0.286. The molecule has 0 spiro atoms. The van der Waals surface area contributed by atoms with Crippen LogP contribution in [0.15, 0.2) is 58.5 Å². The average molecular weight is 399 g/mol. The highest BCUT2D eigenvalue weighted by molar-refractivity contribution is 8.00. The van der Waals surface area contributed by atoms with Gasteiger partial charge < -0.3 is 5.32 Å². The van der Waals surface area contributed by atoms with Gasteiger partial charge in [0.05, 0.1) is 21.8 Å². The monoisotopic (exact) mass is 399 g/mol. The van der Waals surface area contributed by atoms with E-state index in [1.165, 1.54) is 28.5 Å². The molecule has 0 aliphatic rings. The minimum absolute atomic E-state index is 0.0607. The Kier molecular flexibility index (Phi) is 6.14. The van der Waals surface area contributed by atoms with Crippen molar-refractivity contribution in [3.8, 4) is 5.69 Å². The van der Waals surface area contributed by atoms with E-state index >= 15 is 0 Å². The number of hydrogen-bond acceptors (Lipinski definition) is 4. The van der Waals surface area contributed by atoms with Crippen molar-refractivity contribution >= 4 is 28.6 Å². The minimum Gasteiger partial charge on any atom is -0.353 e. The van der Waals surface area contributed by atoms with Gasteiger partial charge in [0.1, 0.15) is 5.82 Å². The minimum atomic E-state index is -0.470. The number of benzene rings is 2. The summed E-state index contributed by atoms with van der Waals surface area (Å²) in [6.07, 6.45) is 0.825. The van der Waals surface area contributed by atoms with Crippen LogP contribution in [0.1, 0.15) is 27.2 Å². The van der Waals surface area contributed by atoms with Crippen molar-refractivity contribution in [1.29, 1.82) is 0 Å². The number of carbonyl (C=O) groups excluding carboxylic acids is 1. The molecule has 7 heteroatoms. The molecular weight excluding hydrogens is 377 g/mol. The van der Waals surface area contributed by atoms with E-state index in [2.05, 4.69) is 10.3 Å². The molecule has 1 aromatic heterocycles. The van der Waals surface area contributed by atoms with Gasteiger partial charge in [-0.15, -0.1) is 0 Å². The molecule has 2 atom stereocenters. The lowest BCUT2D eigenvalue weighted by molar-refractivity contribution is -0.120. The first kappa shape index (κ1) is 20.1. The van der Waals surface area contributed by atoms with Gasteiger partial charge in [0.15, 0.2) is 5.16 Å². The highest BCUT2D eigenvalue weighted by Crippen LogP contribution is 2.25. The van der Waals surface area contributed by atoms with E-state index < -0.39 is 11.1 Å². The highest BCUT2D eigenvalue weighted by Gasteiger charge is 2.21. The predicted molar refractivity (Wildman–Crippen MR) is 111 cm³/mol. The third-order valence-corrected chi connectivity index (χ3v) is 5.52. The Morgan fingerprint density at radius 3 is 2.68 bits per heavy atom. The molecule has 2 unspecified atom stereocenters. The number of para-hydroxylation sites is 1. The maximum Gasteiger partial charge on any atom is 0.266 e. The van der Waals surface area contributed by atoms with Crippen LogP contribution in [0.3, 0.4) is 0 Å². The standard InChI is InChI=1S/C21H22FN3O2S/c1-4-13(2)23-19(26)14(3)28-21-24-18-11-6-5-10-17(18)20(27)25(21)16-9-7-8-15(22)12-16/h5-14H,4H2,1-3H3,(H,23,26). The van der Waals surface area contributed by atoms with Crippen molar-refractivity contribution < 1.29 is 9.18 Å². The van der Waals surface area contributed by atoms with Crippen LogP contribution in [-0.2, 0) is 4.79 Å². The van der Waals surface area contributed by atoms with Crippen LogP contribution in [0, 0.1) is 5.82 Å². The lowest BCUT2D eigenvalue weighted by atomic mass is 10.2. The zero-order chi connectivity index (χ0) is 20.3. The van der Waals surface area contributed by atoms with Gasteiger partial charge in [-0.3, -0.25) is 14.2 Å².